The van der Waals surface area contributed by atoms with E-state index in [1.54, 1.807) is 12.1 Å². The Morgan fingerprint density at radius 2 is 1.71 bits per heavy atom. The number of aliphatic hydroxyl groups excluding tert-OH is 2. The maximum atomic E-state index is 10.8. The predicted octanol–water partition coefficient (Wildman–Crippen LogP) is 4.96. The molecule has 0 aromatic heterocycles. The number of phenolic OH excluding ortho intramolecular Hbond substituents is 1. The molecule has 4 nitrogen and oxygen atoms in total. The third kappa shape index (κ3) is 4.65. The van der Waals surface area contributed by atoms with E-state index in [1.807, 2.05) is 49.4 Å². The van der Waals surface area contributed by atoms with Gasteiger partial charge in [0.1, 0.15) is 5.75 Å². The Morgan fingerprint density at radius 1 is 1.04 bits per heavy atom. The number of ether oxygens (including phenoxy) is 1. The Kier molecular flexibility index (Phi) is 6.92. The van der Waals surface area contributed by atoms with E-state index in [0.717, 1.165) is 28.3 Å². The SMILES string of the molecule is CCCC(CO)OC(O)c1cc(Cc2ccc(O)cc2)c(Cl)c2ccccc12. The van der Waals surface area contributed by atoms with Crippen LogP contribution in [0.25, 0.3) is 10.8 Å². The van der Waals surface area contributed by atoms with Gasteiger partial charge in [-0.3, -0.25) is 0 Å². The minimum absolute atomic E-state index is 0.142. The van der Waals surface area contributed by atoms with Gasteiger partial charge in [-0.1, -0.05) is 61.3 Å². The monoisotopic (exact) mass is 400 g/mol. The second-order valence-electron chi connectivity index (χ2n) is 6.91. The van der Waals surface area contributed by atoms with Crippen molar-refractivity contribution in [3.63, 3.8) is 0 Å². The fraction of sp³-hybridized carbons (Fsp3) is 0.304. The molecule has 0 aliphatic heterocycles. The van der Waals surface area contributed by atoms with E-state index in [9.17, 15) is 15.3 Å². The summed E-state index contributed by atoms with van der Waals surface area (Å²) in [4.78, 5) is 0. The summed E-state index contributed by atoms with van der Waals surface area (Å²) in [6, 6.07) is 16.5. The Bertz CT molecular complexity index is 924. The molecule has 0 saturated heterocycles. The van der Waals surface area contributed by atoms with Crippen molar-refractivity contribution in [2.45, 2.75) is 38.6 Å². The predicted molar refractivity (Wildman–Crippen MR) is 112 cm³/mol. The van der Waals surface area contributed by atoms with Gasteiger partial charge < -0.3 is 20.1 Å². The fourth-order valence-electron chi connectivity index (χ4n) is 3.37. The lowest BCUT2D eigenvalue weighted by Gasteiger charge is -2.22. The Labute approximate surface area is 170 Å². The van der Waals surface area contributed by atoms with Crippen LogP contribution in [0.3, 0.4) is 0 Å². The molecule has 3 rings (SSSR count). The molecule has 0 heterocycles. The Morgan fingerprint density at radius 3 is 2.36 bits per heavy atom. The van der Waals surface area contributed by atoms with Crippen molar-refractivity contribution in [1.82, 2.24) is 0 Å². The highest BCUT2D eigenvalue weighted by Gasteiger charge is 2.20. The molecule has 0 spiro atoms. The number of aromatic hydroxyl groups is 1. The molecular weight excluding hydrogens is 376 g/mol. The van der Waals surface area contributed by atoms with Gasteiger partial charge in [-0.25, -0.2) is 0 Å². The van der Waals surface area contributed by atoms with Crippen LogP contribution in [0.4, 0.5) is 0 Å². The molecule has 2 unspecified atom stereocenters. The summed E-state index contributed by atoms with van der Waals surface area (Å²) in [6.07, 6.45) is 0.492. The van der Waals surface area contributed by atoms with E-state index in [1.165, 1.54) is 0 Å². The number of hydrogen-bond acceptors (Lipinski definition) is 4. The number of halogens is 1. The van der Waals surface area contributed by atoms with Gasteiger partial charge in [0.25, 0.3) is 0 Å². The van der Waals surface area contributed by atoms with Gasteiger partial charge in [0, 0.05) is 10.9 Å². The molecule has 0 radical (unpaired) electrons. The van der Waals surface area contributed by atoms with E-state index in [-0.39, 0.29) is 12.4 Å². The van der Waals surface area contributed by atoms with Gasteiger partial charge in [-0.2, -0.15) is 0 Å². The van der Waals surface area contributed by atoms with Gasteiger partial charge in [0.2, 0.25) is 0 Å². The lowest BCUT2D eigenvalue weighted by atomic mass is 9.96. The van der Waals surface area contributed by atoms with Gasteiger partial charge in [0.05, 0.1) is 17.7 Å². The van der Waals surface area contributed by atoms with Crippen LogP contribution >= 0.6 is 11.6 Å². The van der Waals surface area contributed by atoms with E-state index < -0.39 is 12.4 Å². The average molecular weight is 401 g/mol. The van der Waals surface area contributed by atoms with Crippen molar-refractivity contribution in [2.75, 3.05) is 6.61 Å². The number of hydrogen-bond donors (Lipinski definition) is 3. The lowest BCUT2D eigenvalue weighted by Crippen LogP contribution is -2.21. The molecule has 0 aliphatic rings. The van der Waals surface area contributed by atoms with Crippen LogP contribution in [0.15, 0.2) is 54.6 Å². The van der Waals surface area contributed by atoms with Crippen LogP contribution in [-0.2, 0) is 11.2 Å². The minimum atomic E-state index is -1.16. The maximum Gasteiger partial charge on any atom is 0.182 e. The highest BCUT2D eigenvalue weighted by molar-refractivity contribution is 6.36. The van der Waals surface area contributed by atoms with E-state index in [4.69, 9.17) is 16.3 Å². The first kappa shape index (κ1) is 20.6. The second-order valence-corrected chi connectivity index (χ2v) is 7.29. The quantitative estimate of drug-likeness (QED) is 0.467. The minimum Gasteiger partial charge on any atom is -0.508 e. The molecule has 0 aliphatic carbocycles. The normalized spacial score (nSPS) is 13.6. The molecule has 0 bridgehead atoms. The lowest BCUT2D eigenvalue weighted by molar-refractivity contribution is -0.151. The molecule has 0 amide bonds. The van der Waals surface area contributed by atoms with Gasteiger partial charge in [-0.15, -0.1) is 0 Å². The average Bonchev–Trinajstić information content (AvgIpc) is 2.71. The third-order valence-electron chi connectivity index (χ3n) is 4.82. The van der Waals surface area contributed by atoms with Gasteiger partial charge in [-0.05, 0) is 47.6 Å². The van der Waals surface area contributed by atoms with Crippen LogP contribution in [0.5, 0.6) is 5.75 Å². The highest BCUT2D eigenvalue weighted by Crippen LogP contribution is 2.35. The summed E-state index contributed by atoms with van der Waals surface area (Å²) in [5.74, 6) is 0.212. The smallest absolute Gasteiger partial charge is 0.182 e. The standard InChI is InChI=1S/C23H25ClO4/c1-2-5-18(14-25)28-23(27)21-13-16(12-15-8-10-17(26)11-9-15)22(24)20-7-4-3-6-19(20)21/h3-4,6-11,13,18,23,25-27H,2,5,12,14H2,1H3. The van der Waals surface area contributed by atoms with Crippen LogP contribution in [0.2, 0.25) is 5.02 Å². The summed E-state index contributed by atoms with van der Waals surface area (Å²) in [7, 11) is 0. The maximum absolute atomic E-state index is 10.8. The fourth-order valence-corrected chi connectivity index (χ4v) is 3.66. The number of fused-ring (bicyclic) bond motifs is 1. The zero-order valence-electron chi connectivity index (χ0n) is 15.8. The number of rotatable bonds is 8. The first-order valence-electron chi connectivity index (χ1n) is 9.45. The van der Waals surface area contributed by atoms with Crippen molar-refractivity contribution in [2.24, 2.45) is 0 Å². The molecule has 148 valence electrons. The van der Waals surface area contributed by atoms with E-state index in [2.05, 4.69) is 0 Å². The largest absolute Gasteiger partial charge is 0.508 e. The molecule has 3 N–H and O–H groups in total. The molecule has 3 aromatic carbocycles. The molecule has 2 atom stereocenters. The molecule has 5 heteroatoms. The Balaban J connectivity index is 2.01. The molecule has 0 fully saturated rings. The van der Waals surface area contributed by atoms with Crippen LogP contribution in [-0.4, -0.2) is 28.0 Å². The zero-order chi connectivity index (χ0) is 20.1. The van der Waals surface area contributed by atoms with Crippen molar-refractivity contribution in [3.8, 4) is 5.75 Å². The van der Waals surface area contributed by atoms with Crippen LogP contribution in [0.1, 0.15) is 42.7 Å². The summed E-state index contributed by atoms with van der Waals surface area (Å²) in [5, 5.41) is 32.0. The Hall–Kier alpha value is -2.11. The summed E-state index contributed by atoms with van der Waals surface area (Å²) in [5.41, 5.74) is 2.48. The summed E-state index contributed by atoms with van der Waals surface area (Å²) in [6.45, 7) is 1.86. The topological polar surface area (TPSA) is 69.9 Å². The number of phenols is 1. The second kappa shape index (κ2) is 9.39. The molecule has 0 saturated carbocycles. The third-order valence-corrected chi connectivity index (χ3v) is 5.27. The summed E-state index contributed by atoms with van der Waals surface area (Å²) >= 11 is 6.67. The van der Waals surface area contributed by atoms with Crippen molar-refractivity contribution in [3.05, 3.63) is 76.3 Å². The van der Waals surface area contributed by atoms with E-state index in [0.29, 0.717) is 23.4 Å². The molecule has 28 heavy (non-hydrogen) atoms. The van der Waals surface area contributed by atoms with Gasteiger partial charge >= 0.3 is 0 Å². The van der Waals surface area contributed by atoms with Crippen molar-refractivity contribution < 1.29 is 20.1 Å². The van der Waals surface area contributed by atoms with Crippen molar-refractivity contribution >= 4 is 22.4 Å². The molecule has 3 aromatic rings. The van der Waals surface area contributed by atoms with Crippen LogP contribution < -0.4 is 0 Å². The molecular formula is C23H25ClO4. The first-order valence-corrected chi connectivity index (χ1v) is 9.83. The van der Waals surface area contributed by atoms with Crippen molar-refractivity contribution in [1.29, 1.82) is 0 Å². The number of aliphatic hydroxyl groups is 2. The van der Waals surface area contributed by atoms with Crippen LogP contribution in [0, 0.1) is 0 Å². The number of benzene rings is 3. The highest BCUT2D eigenvalue weighted by atomic mass is 35.5. The van der Waals surface area contributed by atoms with E-state index >= 15 is 0 Å². The van der Waals surface area contributed by atoms with Gasteiger partial charge in [0.15, 0.2) is 6.29 Å². The summed E-state index contributed by atoms with van der Waals surface area (Å²) < 4.78 is 5.72. The zero-order valence-corrected chi connectivity index (χ0v) is 16.6. The first-order chi connectivity index (χ1) is 13.5.